The van der Waals surface area contributed by atoms with Crippen LogP contribution in [-0.4, -0.2) is 19.2 Å². The van der Waals surface area contributed by atoms with E-state index in [2.05, 4.69) is 10.5 Å². The SMILES string of the molecule is COc1ccc(C=NNC(=O)c2ccccc2Cl)cc1C. The Labute approximate surface area is 128 Å². The molecule has 21 heavy (non-hydrogen) atoms. The molecule has 0 aliphatic heterocycles. The van der Waals surface area contributed by atoms with E-state index in [1.807, 2.05) is 25.1 Å². The lowest BCUT2D eigenvalue weighted by Gasteiger charge is -2.04. The molecule has 2 aromatic carbocycles. The maximum atomic E-state index is 11.9. The van der Waals surface area contributed by atoms with Crippen molar-refractivity contribution in [3.8, 4) is 5.75 Å². The second-order valence-electron chi connectivity index (χ2n) is 4.41. The van der Waals surface area contributed by atoms with Crippen molar-refractivity contribution in [3.63, 3.8) is 0 Å². The van der Waals surface area contributed by atoms with Gasteiger partial charge in [-0.3, -0.25) is 4.79 Å². The Kier molecular flexibility index (Phi) is 4.95. The normalized spacial score (nSPS) is 10.6. The highest BCUT2D eigenvalue weighted by molar-refractivity contribution is 6.33. The van der Waals surface area contributed by atoms with E-state index in [4.69, 9.17) is 16.3 Å². The Morgan fingerprint density at radius 1 is 1.29 bits per heavy atom. The molecule has 0 bridgehead atoms. The predicted molar refractivity (Wildman–Crippen MR) is 84.2 cm³/mol. The number of carbonyl (C=O) groups excluding carboxylic acids is 1. The number of methoxy groups -OCH3 is 1. The standard InChI is InChI=1S/C16H15ClN2O2/c1-11-9-12(7-8-15(11)21-2)10-18-19-16(20)13-5-3-4-6-14(13)17/h3-10H,1-2H3,(H,19,20). The van der Waals surface area contributed by atoms with Gasteiger partial charge in [0, 0.05) is 0 Å². The number of aryl methyl sites for hydroxylation is 1. The number of carbonyl (C=O) groups is 1. The fraction of sp³-hybridized carbons (Fsp3) is 0.125. The molecule has 2 rings (SSSR count). The Bertz CT molecular complexity index is 684. The van der Waals surface area contributed by atoms with E-state index >= 15 is 0 Å². The third kappa shape index (κ3) is 3.83. The van der Waals surface area contributed by atoms with Crippen LogP contribution >= 0.6 is 11.6 Å². The first-order valence-electron chi connectivity index (χ1n) is 6.34. The van der Waals surface area contributed by atoms with Crippen LogP contribution < -0.4 is 10.2 Å². The number of nitrogens with zero attached hydrogens (tertiary/aromatic N) is 1. The second-order valence-corrected chi connectivity index (χ2v) is 4.82. The summed E-state index contributed by atoms with van der Waals surface area (Å²) in [7, 11) is 1.62. The molecular formula is C16H15ClN2O2. The van der Waals surface area contributed by atoms with Gasteiger partial charge in [-0.15, -0.1) is 0 Å². The van der Waals surface area contributed by atoms with Crippen LogP contribution in [0.25, 0.3) is 0 Å². The van der Waals surface area contributed by atoms with Gasteiger partial charge in [-0.2, -0.15) is 5.10 Å². The number of hydrazone groups is 1. The zero-order valence-electron chi connectivity index (χ0n) is 11.8. The summed E-state index contributed by atoms with van der Waals surface area (Å²) in [5.74, 6) is 0.467. The Morgan fingerprint density at radius 2 is 2.05 bits per heavy atom. The van der Waals surface area contributed by atoms with E-state index in [1.165, 1.54) is 0 Å². The zero-order valence-corrected chi connectivity index (χ0v) is 12.5. The molecule has 108 valence electrons. The van der Waals surface area contributed by atoms with Crippen LogP contribution in [0.2, 0.25) is 5.02 Å². The van der Waals surface area contributed by atoms with Crippen molar-refractivity contribution in [2.45, 2.75) is 6.92 Å². The summed E-state index contributed by atoms with van der Waals surface area (Å²) in [5.41, 5.74) is 4.71. The summed E-state index contributed by atoms with van der Waals surface area (Å²) in [4.78, 5) is 11.9. The van der Waals surface area contributed by atoms with E-state index in [9.17, 15) is 4.79 Å². The molecule has 0 saturated carbocycles. The van der Waals surface area contributed by atoms with Crippen LogP contribution in [0.4, 0.5) is 0 Å². The van der Waals surface area contributed by atoms with Crippen LogP contribution in [0.3, 0.4) is 0 Å². The summed E-state index contributed by atoms with van der Waals surface area (Å²) in [5, 5.41) is 4.33. The van der Waals surface area contributed by atoms with Gasteiger partial charge in [0.15, 0.2) is 0 Å². The number of amides is 1. The number of hydrogen-bond acceptors (Lipinski definition) is 3. The van der Waals surface area contributed by atoms with Gasteiger partial charge in [-0.25, -0.2) is 5.43 Å². The van der Waals surface area contributed by atoms with Crippen molar-refractivity contribution in [1.82, 2.24) is 5.43 Å². The topological polar surface area (TPSA) is 50.7 Å². The van der Waals surface area contributed by atoms with Crippen LogP contribution in [0.1, 0.15) is 21.5 Å². The number of nitrogens with one attached hydrogen (secondary N) is 1. The Morgan fingerprint density at radius 3 is 2.71 bits per heavy atom. The zero-order chi connectivity index (χ0) is 15.2. The van der Waals surface area contributed by atoms with Gasteiger partial charge in [0.2, 0.25) is 0 Å². The van der Waals surface area contributed by atoms with E-state index in [-0.39, 0.29) is 5.91 Å². The lowest BCUT2D eigenvalue weighted by molar-refractivity contribution is 0.0955. The molecule has 5 heteroatoms. The fourth-order valence-electron chi connectivity index (χ4n) is 1.85. The monoisotopic (exact) mass is 302 g/mol. The largest absolute Gasteiger partial charge is 0.496 e. The Hall–Kier alpha value is -2.33. The van der Waals surface area contributed by atoms with Gasteiger partial charge in [-0.05, 0) is 48.4 Å². The number of rotatable bonds is 4. The molecule has 0 saturated heterocycles. The highest BCUT2D eigenvalue weighted by atomic mass is 35.5. The van der Waals surface area contributed by atoms with E-state index in [0.29, 0.717) is 10.6 Å². The first-order chi connectivity index (χ1) is 10.1. The number of hydrogen-bond donors (Lipinski definition) is 1. The average Bonchev–Trinajstić information content (AvgIpc) is 2.48. The molecule has 2 aromatic rings. The van der Waals surface area contributed by atoms with Gasteiger partial charge in [0.05, 0.1) is 23.9 Å². The summed E-state index contributed by atoms with van der Waals surface area (Å²) in [6.45, 7) is 1.94. The summed E-state index contributed by atoms with van der Waals surface area (Å²) in [6, 6.07) is 12.4. The van der Waals surface area contributed by atoms with Crippen molar-refractivity contribution in [2.24, 2.45) is 5.10 Å². The maximum absolute atomic E-state index is 11.9. The average molecular weight is 303 g/mol. The van der Waals surface area contributed by atoms with Crippen molar-refractivity contribution < 1.29 is 9.53 Å². The summed E-state index contributed by atoms with van der Waals surface area (Å²) < 4.78 is 5.18. The quantitative estimate of drug-likeness (QED) is 0.695. The Balaban J connectivity index is 2.04. The van der Waals surface area contributed by atoms with E-state index in [0.717, 1.165) is 16.9 Å². The van der Waals surface area contributed by atoms with Gasteiger partial charge in [0.1, 0.15) is 5.75 Å². The molecule has 0 heterocycles. The molecule has 4 nitrogen and oxygen atoms in total. The van der Waals surface area contributed by atoms with Crippen molar-refractivity contribution in [2.75, 3.05) is 7.11 Å². The van der Waals surface area contributed by atoms with Crippen LogP contribution in [0.15, 0.2) is 47.6 Å². The highest BCUT2D eigenvalue weighted by Gasteiger charge is 2.07. The maximum Gasteiger partial charge on any atom is 0.272 e. The minimum Gasteiger partial charge on any atom is -0.496 e. The molecular weight excluding hydrogens is 288 g/mol. The molecule has 0 aliphatic rings. The molecule has 1 N–H and O–H groups in total. The lowest BCUT2D eigenvalue weighted by Crippen LogP contribution is -2.17. The molecule has 0 atom stereocenters. The number of halogens is 1. The summed E-state index contributed by atoms with van der Waals surface area (Å²) >= 11 is 5.94. The minimum atomic E-state index is -0.345. The van der Waals surface area contributed by atoms with E-state index in [1.54, 1.807) is 37.6 Å². The third-order valence-electron chi connectivity index (χ3n) is 2.92. The van der Waals surface area contributed by atoms with Gasteiger partial charge in [-0.1, -0.05) is 23.7 Å². The molecule has 0 unspecified atom stereocenters. The van der Waals surface area contributed by atoms with Crippen LogP contribution in [0.5, 0.6) is 5.75 Å². The number of benzene rings is 2. The fourth-order valence-corrected chi connectivity index (χ4v) is 2.07. The van der Waals surface area contributed by atoms with Crippen molar-refractivity contribution in [3.05, 3.63) is 64.2 Å². The molecule has 0 aromatic heterocycles. The molecule has 0 aliphatic carbocycles. The van der Waals surface area contributed by atoms with E-state index < -0.39 is 0 Å². The van der Waals surface area contributed by atoms with Gasteiger partial charge >= 0.3 is 0 Å². The third-order valence-corrected chi connectivity index (χ3v) is 3.25. The van der Waals surface area contributed by atoms with Crippen LogP contribution in [-0.2, 0) is 0 Å². The first-order valence-corrected chi connectivity index (χ1v) is 6.72. The van der Waals surface area contributed by atoms with Crippen molar-refractivity contribution in [1.29, 1.82) is 0 Å². The summed E-state index contributed by atoms with van der Waals surface area (Å²) in [6.07, 6.45) is 1.57. The van der Waals surface area contributed by atoms with Crippen LogP contribution in [0, 0.1) is 6.92 Å². The van der Waals surface area contributed by atoms with Gasteiger partial charge in [0.25, 0.3) is 5.91 Å². The predicted octanol–water partition coefficient (Wildman–Crippen LogP) is 3.42. The molecule has 0 radical (unpaired) electrons. The van der Waals surface area contributed by atoms with Crippen molar-refractivity contribution >= 4 is 23.7 Å². The smallest absolute Gasteiger partial charge is 0.272 e. The molecule has 0 fully saturated rings. The highest BCUT2D eigenvalue weighted by Crippen LogP contribution is 2.17. The minimum absolute atomic E-state index is 0.345. The molecule has 1 amide bonds. The first kappa shape index (κ1) is 15.1. The number of ether oxygens (including phenoxy) is 1. The van der Waals surface area contributed by atoms with Gasteiger partial charge < -0.3 is 4.74 Å². The second kappa shape index (κ2) is 6.90. The lowest BCUT2D eigenvalue weighted by atomic mass is 10.1. The molecule has 0 spiro atoms.